The molecule has 1 atom stereocenters. The van der Waals surface area contributed by atoms with Crippen molar-refractivity contribution in [1.82, 2.24) is 0 Å². The number of ether oxygens (including phenoxy) is 1. The Morgan fingerprint density at radius 3 is 2.71 bits per heavy atom. The van der Waals surface area contributed by atoms with E-state index in [-0.39, 0.29) is 0 Å². The molecule has 1 unspecified atom stereocenters. The van der Waals surface area contributed by atoms with Crippen LogP contribution in [0.2, 0.25) is 10.0 Å². The molecule has 0 radical (unpaired) electrons. The Labute approximate surface area is 120 Å². The molecule has 2 rings (SSSR count). The maximum atomic E-state index is 6.20. The number of rotatable bonds is 5. The summed E-state index contributed by atoms with van der Waals surface area (Å²) < 4.78 is 6.03. The normalized spacial score (nSPS) is 16.9. The first-order chi connectivity index (χ1) is 8.13. The molecule has 0 heterocycles. The highest BCUT2D eigenvalue weighted by Crippen LogP contribution is 2.39. The Morgan fingerprint density at radius 1 is 1.41 bits per heavy atom. The van der Waals surface area contributed by atoms with Crippen molar-refractivity contribution in [3.8, 4) is 0 Å². The Kier molecular flexibility index (Phi) is 4.59. The molecule has 1 N–H and O–H groups in total. The molecular formula is C12H14BrCl2NO. The van der Waals surface area contributed by atoms with Crippen LogP contribution in [0.5, 0.6) is 0 Å². The maximum absolute atomic E-state index is 6.20. The minimum atomic E-state index is 0.315. The maximum Gasteiger partial charge on any atom is 0.0835 e. The van der Waals surface area contributed by atoms with E-state index < -0.39 is 0 Å². The summed E-state index contributed by atoms with van der Waals surface area (Å²) in [5, 5.41) is 4.52. The predicted molar refractivity (Wildman–Crippen MR) is 76.2 cm³/mol. The second-order valence-corrected chi connectivity index (χ2v) is 5.88. The number of methoxy groups -OCH3 is 1. The van der Waals surface area contributed by atoms with E-state index in [2.05, 4.69) is 21.2 Å². The van der Waals surface area contributed by atoms with Crippen LogP contribution < -0.4 is 5.32 Å². The first-order valence-corrected chi connectivity index (χ1v) is 7.07. The van der Waals surface area contributed by atoms with Gasteiger partial charge in [-0.05, 0) is 46.8 Å². The van der Waals surface area contributed by atoms with Crippen molar-refractivity contribution >= 4 is 44.8 Å². The summed E-state index contributed by atoms with van der Waals surface area (Å²) >= 11 is 15.6. The van der Waals surface area contributed by atoms with E-state index in [4.69, 9.17) is 27.9 Å². The zero-order valence-corrected chi connectivity index (χ0v) is 12.6. The Bertz CT molecular complexity index is 410. The number of hydrogen-bond acceptors (Lipinski definition) is 2. The Balaban J connectivity index is 2.13. The minimum Gasteiger partial charge on any atom is -0.383 e. The fourth-order valence-electron chi connectivity index (χ4n) is 1.81. The summed E-state index contributed by atoms with van der Waals surface area (Å²) in [6.07, 6.45) is 2.51. The van der Waals surface area contributed by atoms with Crippen molar-refractivity contribution in [1.29, 1.82) is 0 Å². The second-order valence-electron chi connectivity index (χ2n) is 4.27. The lowest BCUT2D eigenvalue weighted by molar-refractivity contribution is 0.179. The monoisotopic (exact) mass is 337 g/mol. The smallest absolute Gasteiger partial charge is 0.0835 e. The first-order valence-electron chi connectivity index (χ1n) is 5.52. The van der Waals surface area contributed by atoms with Crippen molar-refractivity contribution in [2.45, 2.75) is 18.9 Å². The summed E-state index contributed by atoms with van der Waals surface area (Å²) in [4.78, 5) is 0. The summed E-state index contributed by atoms with van der Waals surface area (Å²) in [6, 6.07) is 4.14. The van der Waals surface area contributed by atoms with E-state index in [1.54, 1.807) is 7.11 Å². The SMILES string of the molecule is COCC(Nc1ccc(Br)c(Cl)c1Cl)C1CC1. The van der Waals surface area contributed by atoms with Gasteiger partial charge in [0.2, 0.25) is 0 Å². The molecule has 94 valence electrons. The van der Waals surface area contributed by atoms with Gasteiger partial charge < -0.3 is 10.1 Å². The second kappa shape index (κ2) is 5.79. The van der Waals surface area contributed by atoms with Crippen LogP contribution in [0.15, 0.2) is 16.6 Å². The van der Waals surface area contributed by atoms with E-state index in [9.17, 15) is 0 Å². The molecule has 1 fully saturated rings. The van der Waals surface area contributed by atoms with Crippen molar-refractivity contribution in [3.63, 3.8) is 0 Å². The average molecular weight is 339 g/mol. The average Bonchev–Trinajstić information content (AvgIpc) is 3.13. The van der Waals surface area contributed by atoms with Crippen LogP contribution in [0, 0.1) is 5.92 Å². The van der Waals surface area contributed by atoms with Gasteiger partial charge in [0.25, 0.3) is 0 Å². The standard InChI is InChI=1S/C12H14BrCl2NO/c1-17-6-10(7-2-3-7)16-9-5-4-8(13)11(14)12(9)15/h4-5,7,10,16H,2-3,6H2,1H3. The lowest BCUT2D eigenvalue weighted by Crippen LogP contribution is -2.27. The van der Waals surface area contributed by atoms with E-state index >= 15 is 0 Å². The number of nitrogens with one attached hydrogen (secondary N) is 1. The van der Waals surface area contributed by atoms with E-state index in [1.807, 2.05) is 12.1 Å². The van der Waals surface area contributed by atoms with Crippen LogP contribution in [0.1, 0.15) is 12.8 Å². The molecule has 2 nitrogen and oxygen atoms in total. The molecule has 1 aromatic rings. The van der Waals surface area contributed by atoms with Crippen LogP contribution >= 0.6 is 39.1 Å². The van der Waals surface area contributed by atoms with Gasteiger partial charge in [-0.15, -0.1) is 0 Å². The van der Waals surface area contributed by atoms with Crippen LogP contribution in [-0.4, -0.2) is 19.8 Å². The molecule has 0 aromatic heterocycles. The van der Waals surface area contributed by atoms with Crippen LogP contribution in [0.4, 0.5) is 5.69 Å². The molecule has 0 saturated heterocycles. The summed E-state index contributed by atoms with van der Waals surface area (Å²) in [5.41, 5.74) is 0.869. The molecule has 1 aliphatic carbocycles. The lowest BCUT2D eigenvalue weighted by atomic mass is 10.2. The van der Waals surface area contributed by atoms with Gasteiger partial charge >= 0.3 is 0 Å². The quantitative estimate of drug-likeness (QED) is 0.792. The molecule has 0 spiro atoms. The Morgan fingerprint density at radius 2 is 2.12 bits per heavy atom. The third-order valence-electron chi connectivity index (χ3n) is 2.91. The number of hydrogen-bond donors (Lipinski definition) is 1. The molecule has 0 amide bonds. The minimum absolute atomic E-state index is 0.315. The number of halogens is 3. The van der Waals surface area contributed by atoms with Crippen molar-refractivity contribution < 1.29 is 4.74 Å². The Hall–Kier alpha value is 0.0400. The molecule has 0 aliphatic heterocycles. The number of anilines is 1. The molecular weight excluding hydrogens is 325 g/mol. The summed E-state index contributed by atoms with van der Waals surface area (Å²) in [7, 11) is 1.72. The van der Waals surface area contributed by atoms with Crippen LogP contribution in [-0.2, 0) is 4.74 Å². The van der Waals surface area contributed by atoms with Gasteiger partial charge in [0.05, 0.1) is 28.4 Å². The van der Waals surface area contributed by atoms with Gasteiger partial charge in [-0.25, -0.2) is 0 Å². The highest BCUT2D eigenvalue weighted by molar-refractivity contribution is 9.10. The summed E-state index contributed by atoms with van der Waals surface area (Å²) in [5.74, 6) is 0.688. The molecule has 17 heavy (non-hydrogen) atoms. The van der Waals surface area contributed by atoms with E-state index in [0.717, 1.165) is 10.2 Å². The number of benzene rings is 1. The van der Waals surface area contributed by atoms with Gasteiger partial charge in [-0.1, -0.05) is 23.2 Å². The van der Waals surface area contributed by atoms with Crippen molar-refractivity contribution in [3.05, 3.63) is 26.7 Å². The highest BCUT2D eigenvalue weighted by Gasteiger charge is 2.31. The third-order valence-corrected chi connectivity index (χ3v) is 4.68. The van der Waals surface area contributed by atoms with Crippen molar-refractivity contribution in [2.75, 3.05) is 19.0 Å². The highest BCUT2D eigenvalue weighted by atomic mass is 79.9. The first kappa shape index (κ1) is 13.5. The van der Waals surface area contributed by atoms with Crippen molar-refractivity contribution in [2.24, 2.45) is 5.92 Å². The van der Waals surface area contributed by atoms with Crippen LogP contribution in [0.25, 0.3) is 0 Å². The molecule has 0 bridgehead atoms. The van der Waals surface area contributed by atoms with E-state index in [1.165, 1.54) is 12.8 Å². The van der Waals surface area contributed by atoms with Gasteiger partial charge in [-0.2, -0.15) is 0 Å². The van der Waals surface area contributed by atoms with Gasteiger partial charge in [0.1, 0.15) is 0 Å². The third kappa shape index (κ3) is 3.28. The van der Waals surface area contributed by atoms with Crippen LogP contribution in [0.3, 0.4) is 0 Å². The van der Waals surface area contributed by atoms with E-state index in [0.29, 0.717) is 28.6 Å². The van der Waals surface area contributed by atoms with Gasteiger partial charge in [0.15, 0.2) is 0 Å². The molecule has 1 aromatic carbocycles. The topological polar surface area (TPSA) is 21.3 Å². The zero-order valence-electron chi connectivity index (χ0n) is 9.47. The zero-order chi connectivity index (χ0) is 12.4. The largest absolute Gasteiger partial charge is 0.383 e. The van der Waals surface area contributed by atoms with Gasteiger partial charge in [0, 0.05) is 11.6 Å². The van der Waals surface area contributed by atoms with Gasteiger partial charge in [-0.3, -0.25) is 0 Å². The molecule has 5 heteroatoms. The summed E-state index contributed by atoms with van der Waals surface area (Å²) in [6.45, 7) is 0.689. The molecule has 1 aliphatic rings. The molecule has 1 saturated carbocycles. The fraction of sp³-hybridized carbons (Fsp3) is 0.500. The fourth-order valence-corrected chi connectivity index (χ4v) is 2.64. The lowest BCUT2D eigenvalue weighted by Gasteiger charge is -2.20. The predicted octanol–water partition coefficient (Wildman–Crippen LogP) is 4.59.